The zero-order valence-electron chi connectivity index (χ0n) is 17.9. The standard InChI is InChI=1S/C25H25N3O3S/c1-15-19(18-7-4-3-5-8-18)9-6-10-20(15)28-21-14-32-22-11-17(13-27-24(21)22)12-26-23(16(2)29)25(30)31/h3-11,13-14,16,23,26,28-29H,12H2,1-2H3,(H,30,31). The third kappa shape index (κ3) is 4.65. The molecule has 0 saturated carbocycles. The van der Waals surface area contributed by atoms with Gasteiger partial charge >= 0.3 is 5.97 Å². The molecule has 164 valence electrons. The second kappa shape index (κ2) is 9.48. The van der Waals surface area contributed by atoms with Crippen LogP contribution in [0.4, 0.5) is 11.4 Å². The second-order valence-corrected chi connectivity index (χ2v) is 8.66. The fourth-order valence-corrected chi connectivity index (χ4v) is 4.59. The number of pyridine rings is 1. The monoisotopic (exact) mass is 447 g/mol. The largest absolute Gasteiger partial charge is 0.480 e. The van der Waals surface area contributed by atoms with Crippen molar-refractivity contribution >= 4 is 38.9 Å². The van der Waals surface area contributed by atoms with E-state index >= 15 is 0 Å². The van der Waals surface area contributed by atoms with Crippen molar-refractivity contribution in [3.05, 3.63) is 77.3 Å². The van der Waals surface area contributed by atoms with Crippen molar-refractivity contribution in [2.24, 2.45) is 0 Å². The smallest absolute Gasteiger partial charge is 0.323 e. The number of thiophene rings is 1. The fraction of sp³-hybridized carbons (Fsp3) is 0.200. The lowest BCUT2D eigenvalue weighted by molar-refractivity contribution is -0.142. The number of aromatic nitrogens is 1. The maximum absolute atomic E-state index is 11.2. The summed E-state index contributed by atoms with van der Waals surface area (Å²) in [6.07, 6.45) is 0.748. The van der Waals surface area contributed by atoms with E-state index in [0.29, 0.717) is 6.54 Å². The van der Waals surface area contributed by atoms with Gasteiger partial charge in [-0.05, 0) is 48.2 Å². The Morgan fingerprint density at radius 2 is 1.91 bits per heavy atom. The van der Waals surface area contributed by atoms with E-state index in [2.05, 4.69) is 46.8 Å². The van der Waals surface area contributed by atoms with Crippen LogP contribution in [-0.4, -0.2) is 33.3 Å². The van der Waals surface area contributed by atoms with Gasteiger partial charge < -0.3 is 15.5 Å². The Hall–Kier alpha value is -3.26. The van der Waals surface area contributed by atoms with Crippen molar-refractivity contribution in [2.45, 2.75) is 32.5 Å². The summed E-state index contributed by atoms with van der Waals surface area (Å²) < 4.78 is 1.01. The molecular weight excluding hydrogens is 422 g/mol. The van der Waals surface area contributed by atoms with Gasteiger partial charge in [-0.2, -0.15) is 0 Å². The number of nitrogens with one attached hydrogen (secondary N) is 2. The minimum absolute atomic E-state index is 0.309. The first kappa shape index (κ1) is 22.0. The SMILES string of the molecule is Cc1c(Nc2csc3cc(CNC(C(=O)O)C(C)O)cnc23)cccc1-c1ccccc1. The number of fused-ring (bicyclic) bond motifs is 1. The van der Waals surface area contributed by atoms with Gasteiger partial charge in [-0.3, -0.25) is 15.1 Å². The van der Waals surface area contributed by atoms with E-state index in [4.69, 9.17) is 0 Å². The van der Waals surface area contributed by atoms with Crippen molar-refractivity contribution in [3.8, 4) is 11.1 Å². The van der Waals surface area contributed by atoms with Gasteiger partial charge in [0.2, 0.25) is 0 Å². The Balaban J connectivity index is 1.55. The summed E-state index contributed by atoms with van der Waals surface area (Å²) in [5.41, 5.74) is 7.22. The number of aliphatic hydroxyl groups is 1. The number of nitrogens with zero attached hydrogens (tertiary/aromatic N) is 1. The van der Waals surface area contributed by atoms with Gasteiger partial charge in [0.05, 0.1) is 16.5 Å². The number of aliphatic carboxylic acids is 1. The molecule has 7 heteroatoms. The average molecular weight is 448 g/mol. The van der Waals surface area contributed by atoms with Crippen LogP contribution in [0.5, 0.6) is 0 Å². The van der Waals surface area contributed by atoms with Crippen LogP contribution in [0, 0.1) is 6.92 Å². The summed E-state index contributed by atoms with van der Waals surface area (Å²) in [4.78, 5) is 15.9. The highest BCUT2D eigenvalue weighted by atomic mass is 32.1. The summed E-state index contributed by atoms with van der Waals surface area (Å²) in [6, 6.07) is 17.5. The topological polar surface area (TPSA) is 94.5 Å². The maximum atomic E-state index is 11.2. The zero-order chi connectivity index (χ0) is 22.7. The molecule has 0 spiro atoms. The fourth-order valence-electron chi connectivity index (χ4n) is 3.68. The van der Waals surface area contributed by atoms with Crippen molar-refractivity contribution in [2.75, 3.05) is 5.32 Å². The first-order valence-electron chi connectivity index (χ1n) is 10.4. The van der Waals surface area contributed by atoms with E-state index < -0.39 is 18.1 Å². The molecule has 4 rings (SSSR count). The number of anilines is 2. The van der Waals surface area contributed by atoms with Crippen LogP contribution in [0.25, 0.3) is 21.3 Å². The molecule has 0 aliphatic heterocycles. The predicted octanol–water partition coefficient (Wildman–Crippen LogP) is 4.94. The number of hydrogen-bond donors (Lipinski definition) is 4. The first-order valence-corrected chi connectivity index (χ1v) is 11.2. The highest BCUT2D eigenvalue weighted by molar-refractivity contribution is 7.17. The molecule has 2 atom stereocenters. The van der Waals surface area contributed by atoms with E-state index in [1.165, 1.54) is 18.1 Å². The molecule has 32 heavy (non-hydrogen) atoms. The summed E-state index contributed by atoms with van der Waals surface area (Å²) in [6.45, 7) is 3.88. The highest BCUT2D eigenvalue weighted by Gasteiger charge is 2.22. The molecule has 0 amide bonds. The number of benzene rings is 2. The Kier molecular flexibility index (Phi) is 6.50. The minimum atomic E-state index is -1.08. The number of carboxylic acid groups (broad SMARTS) is 1. The molecule has 0 saturated heterocycles. The summed E-state index contributed by atoms with van der Waals surface area (Å²) >= 11 is 1.58. The van der Waals surface area contributed by atoms with Gasteiger partial charge in [0, 0.05) is 23.8 Å². The average Bonchev–Trinajstić information content (AvgIpc) is 3.17. The van der Waals surface area contributed by atoms with Crippen LogP contribution in [-0.2, 0) is 11.3 Å². The molecule has 0 aliphatic rings. The minimum Gasteiger partial charge on any atom is -0.480 e. The van der Waals surface area contributed by atoms with E-state index in [1.54, 1.807) is 17.5 Å². The van der Waals surface area contributed by atoms with E-state index in [9.17, 15) is 15.0 Å². The lowest BCUT2D eigenvalue weighted by atomic mass is 9.99. The Morgan fingerprint density at radius 3 is 2.62 bits per heavy atom. The molecular formula is C25H25N3O3S. The summed E-state index contributed by atoms with van der Waals surface area (Å²) in [7, 11) is 0. The third-order valence-electron chi connectivity index (χ3n) is 5.43. The number of carboxylic acids is 1. The molecule has 0 bridgehead atoms. The van der Waals surface area contributed by atoms with Gasteiger partial charge in [0.15, 0.2) is 0 Å². The second-order valence-electron chi connectivity index (χ2n) is 7.75. The first-order chi connectivity index (χ1) is 15.4. The number of aliphatic hydroxyl groups excluding tert-OH is 1. The molecule has 0 fully saturated rings. The van der Waals surface area contributed by atoms with Gasteiger partial charge in [-0.15, -0.1) is 11.3 Å². The lowest BCUT2D eigenvalue weighted by Crippen LogP contribution is -2.44. The van der Waals surface area contributed by atoms with E-state index in [1.807, 2.05) is 35.7 Å². The van der Waals surface area contributed by atoms with Crippen molar-refractivity contribution in [3.63, 3.8) is 0 Å². The van der Waals surface area contributed by atoms with Crippen LogP contribution in [0.15, 0.2) is 66.2 Å². The Bertz CT molecular complexity index is 1240. The molecule has 4 N–H and O–H groups in total. The normalized spacial score (nSPS) is 13.1. The van der Waals surface area contributed by atoms with Crippen molar-refractivity contribution < 1.29 is 15.0 Å². The summed E-state index contributed by atoms with van der Waals surface area (Å²) in [5.74, 6) is -1.08. The van der Waals surface area contributed by atoms with Crippen LogP contribution >= 0.6 is 11.3 Å². The van der Waals surface area contributed by atoms with Crippen LogP contribution in [0.1, 0.15) is 18.1 Å². The van der Waals surface area contributed by atoms with Crippen LogP contribution in [0.2, 0.25) is 0 Å². The maximum Gasteiger partial charge on any atom is 0.323 e. The molecule has 2 aromatic heterocycles. The zero-order valence-corrected chi connectivity index (χ0v) is 18.7. The lowest BCUT2D eigenvalue weighted by Gasteiger charge is -2.17. The molecule has 6 nitrogen and oxygen atoms in total. The van der Waals surface area contributed by atoms with Crippen molar-refractivity contribution in [1.29, 1.82) is 0 Å². The van der Waals surface area contributed by atoms with Crippen LogP contribution in [0.3, 0.4) is 0 Å². The quantitative estimate of drug-likeness (QED) is 0.306. The van der Waals surface area contributed by atoms with E-state index in [0.717, 1.165) is 32.7 Å². The van der Waals surface area contributed by atoms with Gasteiger partial charge in [0.25, 0.3) is 0 Å². The molecule has 0 radical (unpaired) electrons. The molecule has 4 aromatic rings. The molecule has 2 aromatic carbocycles. The highest BCUT2D eigenvalue weighted by Crippen LogP contribution is 2.34. The molecule has 2 unspecified atom stereocenters. The molecule has 0 aliphatic carbocycles. The van der Waals surface area contributed by atoms with Gasteiger partial charge in [-0.25, -0.2) is 0 Å². The van der Waals surface area contributed by atoms with Crippen molar-refractivity contribution in [1.82, 2.24) is 10.3 Å². The Morgan fingerprint density at radius 1 is 1.12 bits per heavy atom. The van der Waals surface area contributed by atoms with E-state index in [-0.39, 0.29) is 0 Å². The number of hydrogen-bond acceptors (Lipinski definition) is 6. The molecule has 2 heterocycles. The third-order valence-corrected chi connectivity index (χ3v) is 6.35. The van der Waals surface area contributed by atoms with Crippen LogP contribution < -0.4 is 10.6 Å². The van der Waals surface area contributed by atoms with Gasteiger partial charge in [0.1, 0.15) is 11.6 Å². The predicted molar refractivity (Wildman–Crippen MR) is 129 cm³/mol. The number of rotatable bonds is 8. The Labute approximate surface area is 190 Å². The summed E-state index contributed by atoms with van der Waals surface area (Å²) in [5, 5.41) is 27.3. The van der Waals surface area contributed by atoms with Gasteiger partial charge in [-0.1, -0.05) is 42.5 Å². The number of carbonyl (C=O) groups is 1.